The minimum atomic E-state index is -1.26. The van der Waals surface area contributed by atoms with Crippen LogP contribution in [0.2, 0.25) is 0 Å². The summed E-state index contributed by atoms with van der Waals surface area (Å²) in [4.78, 5) is 21.7. The van der Waals surface area contributed by atoms with Gasteiger partial charge in [0.1, 0.15) is 17.9 Å². The molecule has 0 amide bonds. The van der Waals surface area contributed by atoms with Crippen molar-refractivity contribution in [3.05, 3.63) is 23.3 Å². The van der Waals surface area contributed by atoms with E-state index in [0.717, 1.165) is 6.07 Å². The molecular weight excluding hydrogens is 200 g/mol. The molecule has 0 fully saturated rings. The lowest BCUT2D eigenvalue weighted by Gasteiger charge is -2.06. The van der Waals surface area contributed by atoms with Crippen molar-refractivity contribution in [1.29, 1.82) is 0 Å². The van der Waals surface area contributed by atoms with Gasteiger partial charge in [0.25, 0.3) is 0 Å². The van der Waals surface area contributed by atoms with Crippen LogP contribution in [0.4, 0.5) is 0 Å². The number of benzene rings is 1. The molecule has 5 heteroatoms. The van der Waals surface area contributed by atoms with Crippen molar-refractivity contribution in [2.24, 2.45) is 0 Å². The molecule has 1 rings (SSSR count). The van der Waals surface area contributed by atoms with Crippen molar-refractivity contribution in [3.63, 3.8) is 0 Å². The molecular formula is C10H10O5. The zero-order valence-corrected chi connectivity index (χ0v) is 8.02. The molecule has 0 atom stereocenters. The number of phenols is 2. The molecule has 0 unspecified atom stereocenters. The highest BCUT2D eigenvalue weighted by molar-refractivity contribution is 6.08. The number of hydrogen-bond acceptors (Lipinski definition) is 4. The van der Waals surface area contributed by atoms with Gasteiger partial charge in [-0.15, -0.1) is 0 Å². The Hall–Kier alpha value is -2.04. The number of ketones is 1. The maximum absolute atomic E-state index is 11.4. The Labute approximate surface area is 85.6 Å². The summed E-state index contributed by atoms with van der Waals surface area (Å²) in [7, 11) is 0. The summed E-state index contributed by atoms with van der Waals surface area (Å²) in [6.07, 6.45) is -0.681. The van der Waals surface area contributed by atoms with Gasteiger partial charge in [-0.05, 0) is 18.6 Å². The van der Waals surface area contributed by atoms with Gasteiger partial charge in [-0.2, -0.15) is 0 Å². The van der Waals surface area contributed by atoms with E-state index < -0.39 is 23.9 Å². The molecule has 5 nitrogen and oxygen atoms in total. The summed E-state index contributed by atoms with van der Waals surface area (Å²) in [5, 5.41) is 26.9. The van der Waals surface area contributed by atoms with E-state index in [-0.39, 0.29) is 11.3 Å². The topological polar surface area (TPSA) is 94.8 Å². The number of carbonyl (C=O) groups is 2. The number of rotatable bonds is 3. The molecule has 0 aliphatic rings. The highest BCUT2D eigenvalue weighted by atomic mass is 16.4. The SMILES string of the molecule is Cc1cc(O)cc(O)c1C(=O)CC(=O)O. The van der Waals surface area contributed by atoms with E-state index >= 15 is 0 Å². The van der Waals surface area contributed by atoms with Crippen LogP contribution in [0.15, 0.2) is 12.1 Å². The molecule has 1 aromatic carbocycles. The molecule has 0 saturated heterocycles. The first-order chi connectivity index (χ1) is 6.91. The number of hydrogen-bond donors (Lipinski definition) is 3. The monoisotopic (exact) mass is 210 g/mol. The van der Waals surface area contributed by atoms with Gasteiger partial charge in [-0.25, -0.2) is 0 Å². The predicted octanol–water partition coefficient (Wildman–Crippen LogP) is 1.06. The van der Waals surface area contributed by atoms with Gasteiger partial charge in [0.05, 0.1) is 5.56 Å². The van der Waals surface area contributed by atoms with Crippen molar-refractivity contribution in [1.82, 2.24) is 0 Å². The summed E-state index contributed by atoms with van der Waals surface area (Å²) in [6.45, 7) is 1.51. The zero-order chi connectivity index (χ0) is 11.6. The van der Waals surface area contributed by atoms with Crippen LogP contribution in [0.25, 0.3) is 0 Å². The normalized spacial score (nSPS) is 9.93. The minimum absolute atomic E-state index is 0.0600. The quantitative estimate of drug-likeness (QED) is 0.512. The van der Waals surface area contributed by atoms with Gasteiger partial charge >= 0.3 is 5.97 Å². The van der Waals surface area contributed by atoms with Gasteiger partial charge in [0.15, 0.2) is 5.78 Å². The van der Waals surface area contributed by atoms with E-state index in [0.29, 0.717) is 5.56 Å². The molecule has 0 aromatic heterocycles. The summed E-state index contributed by atoms with van der Waals surface area (Å²) >= 11 is 0. The maximum atomic E-state index is 11.4. The fourth-order valence-corrected chi connectivity index (χ4v) is 1.34. The van der Waals surface area contributed by atoms with Gasteiger partial charge in [0, 0.05) is 6.07 Å². The summed E-state index contributed by atoms with van der Waals surface area (Å²) < 4.78 is 0. The van der Waals surface area contributed by atoms with Crippen LogP contribution in [-0.4, -0.2) is 27.1 Å². The Morgan fingerprint density at radius 1 is 1.27 bits per heavy atom. The number of phenolic OH excluding ortho intramolecular Hbond substituents is 2. The molecule has 1 aromatic rings. The Bertz CT molecular complexity index is 399. The fraction of sp³-hybridized carbons (Fsp3) is 0.200. The number of Topliss-reactive ketones (excluding diaryl/α,β-unsaturated/α-hetero) is 1. The van der Waals surface area contributed by atoms with Gasteiger partial charge < -0.3 is 15.3 Å². The zero-order valence-electron chi connectivity index (χ0n) is 8.02. The first kappa shape index (κ1) is 11.0. The van der Waals surface area contributed by atoms with Gasteiger partial charge in [0.2, 0.25) is 0 Å². The molecule has 0 aliphatic heterocycles. The second kappa shape index (κ2) is 4.00. The van der Waals surface area contributed by atoms with Crippen LogP contribution < -0.4 is 0 Å². The number of aliphatic carboxylic acids is 1. The number of carboxylic acid groups (broad SMARTS) is 1. The van der Waals surface area contributed by atoms with E-state index in [9.17, 15) is 14.7 Å². The number of aryl methyl sites for hydroxylation is 1. The number of carbonyl (C=O) groups excluding carboxylic acids is 1. The predicted molar refractivity (Wildman–Crippen MR) is 51.1 cm³/mol. The van der Waals surface area contributed by atoms with Crippen LogP contribution in [0.3, 0.4) is 0 Å². The van der Waals surface area contributed by atoms with Crippen LogP contribution in [-0.2, 0) is 4.79 Å². The molecule has 0 radical (unpaired) electrons. The van der Waals surface area contributed by atoms with Crippen molar-refractivity contribution in [2.45, 2.75) is 13.3 Å². The highest BCUT2D eigenvalue weighted by Gasteiger charge is 2.17. The average molecular weight is 210 g/mol. The van der Waals surface area contributed by atoms with Crippen LogP contribution >= 0.6 is 0 Å². The van der Waals surface area contributed by atoms with Crippen LogP contribution in [0.5, 0.6) is 11.5 Å². The molecule has 80 valence electrons. The van der Waals surface area contributed by atoms with Crippen molar-refractivity contribution in [2.75, 3.05) is 0 Å². The molecule has 0 saturated carbocycles. The Balaban J connectivity index is 3.14. The van der Waals surface area contributed by atoms with Crippen molar-refractivity contribution in [3.8, 4) is 11.5 Å². The van der Waals surface area contributed by atoms with Crippen molar-refractivity contribution >= 4 is 11.8 Å². The first-order valence-electron chi connectivity index (χ1n) is 4.19. The Morgan fingerprint density at radius 3 is 2.33 bits per heavy atom. The Kier molecular flexibility index (Phi) is 2.94. The van der Waals surface area contributed by atoms with E-state index in [1.54, 1.807) is 0 Å². The lowest BCUT2D eigenvalue weighted by molar-refractivity contribution is -0.135. The smallest absolute Gasteiger partial charge is 0.311 e. The van der Waals surface area contributed by atoms with Gasteiger partial charge in [-0.1, -0.05) is 0 Å². The third-order valence-corrected chi connectivity index (χ3v) is 1.89. The lowest BCUT2D eigenvalue weighted by atomic mass is 10.0. The maximum Gasteiger partial charge on any atom is 0.311 e. The van der Waals surface area contributed by atoms with E-state index in [4.69, 9.17) is 10.2 Å². The number of aromatic hydroxyl groups is 2. The largest absolute Gasteiger partial charge is 0.508 e. The minimum Gasteiger partial charge on any atom is -0.508 e. The van der Waals surface area contributed by atoms with Gasteiger partial charge in [-0.3, -0.25) is 9.59 Å². The van der Waals surface area contributed by atoms with Crippen LogP contribution in [0, 0.1) is 6.92 Å². The third kappa shape index (κ3) is 2.46. The number of carboxylic acids is 1. The van der Waals surface area contributed by atoms with E-state index in [1.807, 2.05) is 0 Å². The lowest BCUT2D eigenvalue weighted by Crippen LogP contribution is -2.08. The molecule has 0 heterocycles. The standard InChI is InChI=1S/C10H10O5/c1-5-2-6(11)3-7(12)10(5)8(13)4-9(14)15/h2-3,11-12H,4H2,1H3,(H,14,15). The molecule has 0 spiro atoms. The summed E-state index contributed by atoms with van der Waals surface area (Å²) in [5.74, 6) is -2.51. The molecule has 0 aliphatic carbocycles. The van der Waals surface area contributed by atoms with Crippen LogP contribution in [0.1, 0.15) is 22.3 Å². The average Bonchev–Trinajstić information content (AvgIpc) is 1.99. The summed E-state index contributed by atoms with van der Waals surface area (Å²) in [6, 6.07) is 2.29. The molecule has 15 heavy (non-hydrogen) atoms. The Morgan fingerprint density at radius 2 is 1.87 bits per heavy atom. The van der Waals surface area contributed by atoms with E-state index in [1.165, 1.54) is 13.0 Å². The first-order valence-corrected chi connectivity index (χ1v) is 4.19. The second-order valence-electron chi connectivity index (χ2n) is 3.15. The summed E-state index contributed by atoms with van der Waals surface area (Å²) in [5.41, 5.74) is 0.286. The van der Waals surface area contributed by atoms with E-state index in [2.05, 4.69) is 0 Å². The highest BCUT2D eigenvalue weighted by Crippen LogP contribution is 2.27. The van der Waals surface area contributed by atoms with Crippen molar-refractivity contribution < 1.29 is 24.9 Å². The second-order valence-corrected chi connectivity index (χ2v) is 3.15. The fourth-order valence-electron chi connectivity index (χ4n) is 1.34. The molecule has 3 N–H and O–H groups in total. The third-order valence-electron chi connectivity index (χ3n) is 1.89. The molecule has 0 bridgehead atoms.